The number of ether oxygens (including phenoxy) is 2. The van der Waals surface area contributed by atoms with Crippen molar-refractivity contribution in [2.75, 3.05) is 6.61 Å². The minimum absolute atomic E-state index is 0.135. The maximum atomic E-state index is 10.7. The van der Waals surface area contributed by atoms with Crippen molar-refractivity contribution in [3.8, 4) is 0 Å². The lowest BCUT2D eigenvalue weighted by molar-refractivity contribution is -0.138. The van der Waals surface area contributed by atoms with Gasteiger partial charge in [0.25, 0.3) is 0 Å². The number of hydrogen-bond acceptors (Lipinski definition) is 3. The Kier molecular flexibility index (Phi) is 3.96. The molecule has 3 nitrogen and oxygen atoms in total. The number of rotatable bonds is 6. The molecule has 1 saturated heterocycles. The molecule has 0 amide bonds. The first kappa shape index (κ1) is 10.3. The van der Waals surface area contributed by atoms with E-state index in [-0.39, 0.29) is 12.1 Å². The average molecular weight is 184 g/mol. The van der Waals surface area contributed by atoms with E-state index in [4.69, 9.17) is 9.47 Å². The van der Waals surface area contributed by atoms with Crippen molar-refractivity contribution in [3.63, 3.8) is 0 Å². The number of epoxide rings is 1. The van der Waals surface area contributed by atoms with Crippen LogP contribution in [0.25, 0.3) is 0 Å². The molecule has 2 atom stereocenters. The highest BCUT2D eigenvalue weighted by molar-refractivity contribution is 5.81. The summed E-state index contributed by atoms with van der Waals surface area (Å²) in [6.07, 6.45) is 5.05. The van der Waals surface area contributed by atoms with Crippen molar-refractivity contribution in [3.05, 3.63) is 12.7 Å². The zero-order valence-corrected chi connectivity index (χ0v) is 7.99. The van der Waals surface area contributed by atoms with Gasteiger partial charge in [0.1, 0.15) is 12.7 Å². The molecule has 1 heterocycles. The van der Waals surface area contributed by atoms with Gasteiger partial charge in [0.2, 0.25) is 0 Å². The molecule has 0 spiro atoms. The van der Waals surface area contributed by atoms with Gasteiger partial charge in [-0.25, -0.2) is 4.79 Å². The zero-order chi connectivity index (χ0) is 9.68. The molecule has 1 aliphatic heterocycles. The van der Waals surface area contributed by atoms with Crippen LogP contribution < -0.4 is 0 Å². The van der Waals surface area contributed by atoms with Crippen LogP contribution in [0.2, 0.25) is 0 Å². The van der Waals surface area contributed by atoms with Gasteiger partial charge < -0.3 is 9.47 Å². The molecule has 74 valence electrons. The molecule has 0 aromatic rings. The van der Waals surface area contributed by atoms with Gasteiger partial charge in [0.15, 0.2) is 0 Å². The zero-order valence-electron chi connectivity index (χ0n) is 7.99. The van der Waals surface area contributed by atoms with Crippen LogP contribution >= 0.6 is 0 Å². The number of carbonyl (C=O) groups excluding carboxylic acids is 1. The summed E-state index contributed by atoms with van der Waals surface area (Å²) in [5.41, 5.74) is 0. The van der Waals surface area contributed by atoms with Gasteiger partial charge in [-0.3, -0.25) is 0 Å². The van der Waals surface area contributed by atoms with Crippen LogP contribution in [0, 0.1) is 0 Å². The summed E-state index contributed by atoms with van der Waals surface area (Å²) >= 11 is 0. The van der Waals surface area contributed by atoms with Crippen LogP contribution in [-0.4, -0.2) is 24.8 Å². The van der Waals surface area contributed by atoms with Gasteiger partial charge in [0, 0.05) is 6.08 Å². The highest BCUT2D eigenvalue weighted by Crippen LogP contribution is 2.27. The Morgan fingerprint density at radius 2 is 2.38 bits per heavy atom. The number of carbonyl (C=O) groups is 1. The molecule has 0 radical (unpaired) electrons. The van der Waals surface area contributed by atoms with E-state index in [1.54, 1.807) is 0 Å². The number of unbranched alkanes of at least 4 members (excludes halogenated alkanes) is 1. The van der Waals surface area contributed by atoms with E-state index >= 15 is 0 Å². The minimum Gasteiger partial charge on any atom is -0.460 e. The Hall–Kier alpha value is -0.830. The van der Waals surface area contributed by atoms with Gasteiger partial charge >= 0.3 is 5.97 Å². The molecular formula is C10H16O3. The Bertz CT molecular complexity index is 189. The lowest BCUT2D eigenvalue weighted by Gasteiger charge is -1.96. The predicted molar refractivity (Wildman–Crippen MR) is 49.3 cm³/mol. The molecule has 2 unspecified atom stereocenters. The Labute approximate surface area is 78.7 Å². The molecule has 1 rings (SSSR count). The second-order valence-electron chi connectivity index (χ2n) is 3.19. The summed E-state index contributed by atoms with van der Waals surface area (Å²) in [5, 5.41) is 0. The van der Waals surface area contributed by atoms with E-state index in [1.165, 1.54) is 18.9 Å². The first-order valence-corrected chi connectivity index (χ1v) is 4.72. The third-order valence-corrected chi connectivity index (χ3v) is 2.09. The molecular weight excluding hydrogens is 168 g/mol. The highest BCUT2D eigenvalue weighted by atomic mass is 16.6. The normalized spacial score (nSPS) is 25.3. The lowest BCUT2D eigenvalue weighted by Crippen LogP contribution is -2.09. The molecule has 0 N–H and O–H groups in total. The summed E-state index contributed by atoms with van der Waals surface area (Å²) in [4.78, 5) is 10.7. The van der Waals surface area contributed by atoms with Crippen LogP contribution in [-0.2, 0) is 14.3 Å². The summed E-state index contributed by atoms with van der Waals surface area (Å²) in [6, 6.07) is 0. The van der Waals surface area contributed by atoms with Gasteiger partial charge in [-0.1, -0.05) is 26.3 Å². The van der Waals surface area contributed by atoms with Crippen LogP contribution in [0.3, 0.4) is 0 Å². The predicted octanol–water partition coefficient (Wildman–Crippen LogP) is 1.67. The van der Waals surface area contributed by atoms with E-state index in [0.717, 1.165) is 6.42 Å². The van der Waals surface area contributed by atoms with Crippen molar-refractivity contribution in [2.45, 2.75) is 38.4 Å². The SMILES string of the molecule is C=CC(=O)OCC1OC1CCCC. The van der Waals surface area contributed by atoms with Crippen molar-refractivity contribution >= 4 is 5.97 Å². The molecule has 0 aliphatic carbocycles. The van der Waals surface area contributed by atoms with Crippen LogP contribution in [0.1, 0.15) is 26.2 Å². The van der Waals surface area contributed by atoms with Crippen LogP contribution in [0.15, 0.2) is 12.7 Å². The molecule has 0 aromatic heterocycles. The largest absolute Gasteiger partial charge is 0.460 e. The molecule has 0 saturated carbocycles. The van der Waals surface area contributed by atoms with E-state index < -0.39 is 0 Å². The fourth-order valence-electron chi connectivity index (χ4n) is 1.21. The van der Waals surface area contributed by atoms with E-state index in [9.17, 15) is 4.79 Å². The summed E-state index contributed by atoms with van der Waals surface area (Å²) < 4.78 is 10.1. The highest BCUT2D eigenvalue weighted by Gasteiger charge is 2.38. The Balaban J connectivity index is 2.00. The maximum Gasteiger partial charge on any atom is 0.330 e. The van der Waals surface area contributed by atoms with Gasteiger partial charge in [-0.15, -0.1) is 0 Å². The molecule has 0 bridgehead atoms. The third kappa shape index (κ3) is 3.59. The summed E-state index contributed by atoms with van der Waals surface area (Å²) in [6.45, 7) is 5.83. The number of esters is 1. The van der Waals surface area contributed by atoms with Crippen molar-refractivity contribution in [1.82, 2.24) is 0 Å². The standard InChI is InChI=1S/C10H16O3/c1-3-5-6-8-9(13-8)7-12-10(11)4-2/h4,8-9H,2-3,5-7H2,1H3. The second kappa shape index (κ2) is 5.02. The van der Waals surface area contributed by atoms with Crippen molar-refractivity contribution in [1.29, 1.82) is 0 Å². The Morgan fingerprint density at radius 1 is 1.62 bits per heavy atom. The fraction of sp³-hybridized carbons (Fsp3) is 0.700. The van der Waals surface area contributed by atoms with E-state index in [0.29, 0.717) is 12.7 Å². The first-order chi connectivity index (χ1) is 6.27. The molecule has 0 aromatic carbocycles. The monoisotopic (exact) mass is 184 g/mol. The minimum atomic E-state index is -0.371. The van der Waals surface area contributed by atoms with Gasteiger partial charge in [0.05, 0.1) is 6.10 Å². The second-order valence-corrected chi connectivity index (χ2v) is 3.19. The maximum absolute atomic E-state index is 10.7. The fourth-order valence-corrected chi connectivity index (χ4v) is 1.21. The van der Waals surface area contributed by atoms with Crippen molar-refractivity contribution in [2.24, 2.45) is 0 Å². The van der Waals surface area contributed by atoms with Gasteiger partial charge in [-0.05, 0) is 6.42 Å². The topological polar surface area (TPSA) is 38.8 Å². The van der Waals surface area contributed by atoms with Crippen molar-refractivity contribution < 1.29 is 14.3 Å². The number of hydrogen-bond donors (Lipinski definition) is 0. The summed E-state index contributed by atoms with van der Waals surface area (Å²) in [7, 11) is 0. The third-order valence-electron chi connectivity index (χ3n) is 2.09. The first-order valence-electron chi connectivity index (χ1n) is 4.72. The van der Waals surface area contributed by atoms with Crippen LogP contribution in [0.5, 0.6) is 0 Å². The lowest BCUT2D eigenvalue weighted by atomic mass is 10.2. The van der Waals surface area contributed by atoms with E-state index in [1.807, 2.05) is 0 Å². The van der Waals surface area contributed by atoms with Crippen LogP contribution in [0.4, 0.5) is 0 Å². The molecule has 1 fully saturated rings. The quantitative estimate of drug-likeness (QED) is 0.358. The summed E-state index contributed by atoms with van der Waals surface area (Å²) in [5.74, 6) is -0.371. The molecule has 13 heavy (non-hydrogen) atoms. The Morgan fingerprint density at radius 3 is 3.00 bits per heavy atom. The smallest absolute Gasteiger partial charge is 0.330 e. The average Bonchev–Trinajstić information content (AvgIpc) is 2.89. The van der Waals surface area contributed by atoms with Gasteiger partial charge in [-0.2, -0.15) is 0 Å². The molecule has 3 heteroatoms. The molecule has 1 aliphatic rings. The van der Waals surface area contributed by atoms with E-state index in [2.05, 4.69) is 13.5 Å².